The fourth-order valence-electron chi connectivity index (χ4n) is 5.80. The number of hydrogen-bond donors (Lipinski definition) is 2. The lowest BCUT2D eigenvalue weighted by atomic mass is 9.49. The first kappa shape index (κ1) is 14.3. The maximum absolute atomic E-state index is 12.7. The van der Waals surface area contributed by atoms with Crippen molar-refractivity contribution in [2.45, 2.75) is 57.8 Å². The highest BCUT2D eigenvalue weighted by Gasteiger charge is 2.54. The number of amides is 2. The molecule has 0 radical (unpaired) electrons. The summed E-state index contributed by atoms with van der Waals surface area (Å²) in [6, 6.07) is 0. The molecule has 5 rings (SSSR count). The first-order chi connectivity index (χ1) is 10.6. The van der Waals surface area contributed by atoms with Gasteiger partial charge in [0.25, 0.3) is 0 Å². The maximum atomic E-state index is 12.7. The quantitative estimate of drug-likeness (QED) is 0.622. The summed E-state index contributed by atoms with van der Waals surface area (Å²) in [7, 11) is 0. The van der Waals surface area contributed by atoms with Crippen LogP contribution in [0.3, 0.4) is 0 Å². The Kier molecular flexibility index (Phi) is 3.50. The Bertz CT molecular complexity index is 476. The second kappa shape index (κ2) is 5.39. The van der Waals surface area contributed by atoms with E-state index >= 15 is 0 Å². The standard InChI is InChI=1S/C18H26N2O2/c21-16(8-12-3-1-2-4-12)19-20-17(22)18-9-13-5-14(10-18)7-15(6-13)11-18/h1,3,12-15H,2,4-11H2,(H,19,21)(H,20,22). The maximum Gasteiger partial charge on any atom is 0.244 e. The zero-order chi connectivity index (χ0) is 15.2. The van der Waals surface area contributed by atoms with E-state index in [0.717, 1.165) is 49.9 Å². The van der Waals surface area contributed by atoms with Crippen LogP contribution in [0.15, 0.2) is 12.2 Å². The molecule has 1 atom stereocenters. The van der Waals surface area contributed by atoms with Crippen molar-refractivity contribution in [3.05, 3.63) is 12.2 Å². The van der Waals surface area contributed by atoms with Crippen LogP contribution >= 0.6 is 0 Å². The molecule has 0 aliphatic heterocycles. The number of hydrogen-bond acceptors (Lipinski definition) is 2. The van der Waals surface area contributed by atoms with Gasteiger partial charge >= 0.3 is 0 Å². The lowest BCUT2D eigenvalue weighted by molar-refractivity contribution is -0.149. The van der Waals surface area contributed by atoms with Gasteiger partial charge in [-0.25, -0.2) is 0 Å². The molecule has 120 valence electrons. The van der Waals surface area contributed by atoms with Gasteiger partial charge in [0.1, 0.15) is 0 Å². The molecule has 0 spiro atoms. The van der Waals surface area contributed by atoms with Crippen LogP contribution in [-0.2, 0) is 9.59 Å². The molecule has 0 aromatic heterocycles. The first-order valence-electron chi connectivity index (χ1n) is 8.89. The fraction of sp³-hybridized carbons (Fsp3) is 0.778. The Balaban J connectivity index is 1.32. The SMILES string of the molecule is O=C(CC1C=CCC1)NNC(=O)C12CC3CC(CC(C3)C1)C2. The molecule has 0 aromatic rings. The van der Waals surface area contributed by atoms with Crippen LogP contribution in [0.25, 0.3) is 0 Å². The van der Waals surface area contributed by atoms with Gasteiger partial charge in [-0.1, -0.05) is 12.2 Å². The smallest absolute Gasteiger partial charge is 0.244 e. The molecule has 5 aliphatic rings. The van der Waals surface area contributed by atoms with Gasteiger partial charge in [0.2, 0.25) is 11.8 Å². The summed E-state index contributed by atoms with van der Waals surface area (Å²) in [5.41, 5.74) is 5.23. The van der Waals surface area contributed by atoms with Gasteiger partial charge in [0, 0.05) is 6.42 Å². The minimum atomic E-state index is -0.185. The fourth-order valence-corrected chi connectivity index (χ4v) is 5.80. The molecule has 4 heteroatoms. The van der Waals surface area contributed by atoms with Crippen molar-refractivity contribution in [1.82, 2.24) is 10.9 Å². The largest absolute Gasteiger partial charge is 0.273 e. The van der Waals surface area contributed by atoms with Crippen molar-refractivity contribution in [2.75, 3.05) is 0 Å². The van der Waals surface area contributed by atoms with Crippen molar-refractivity contribution in [1.29, 1.82) is 0 Å². The van der Waals surface area contributed by atoms with E-state index in [-0.39, 0.29) is 17.2 Å². The lowest BCUT2D eigenvalue weighted by Gasteiger charge is -2.55. The molecule has 0 aromatic carbocycles. The number of carbonyl (C=O) groups is 2. The minimum Gasteiger partial charge on any atom is -0.273 e. The molecule has 0 heterocycles. The average molecular weight is 302 g/mol. The second-order valence-electron chi connectivity index (χ2n) is 8.17. The van der Waals surface area contributed by atoms with E-state index in [2.05, 4.69) is 23.0 Å². The van der Waals surface area contributed by atoms with E-state index in [0.29, 0.717) is 12.3 Å². The third-order valence-corrected chi connectivity index (χ3v) is 6.40. The van der Waals surface area contributed by atoms with Crippen molar-refractivity contribution in [3.8, 4) is 0 Å². The average Bonchev–Trinajstić information content (AvgIpc) is 2.96. The van der Waals surface area contributed by atoms with Crippen molar-refractivity contribution in [2.24, 2.45) is 29.1 Å². The third-order valence-electron chi connectivity index (χ3n) is 6.40. The molecule has 2 amide bonds. The third kappa shape index (κ3) is 2.57. The van der Waals surface area contributed by atoms with E-state index in [1.165, 1.54) is 19.3 Å². The van der Waals surface area contributed by atoms with E-state index in [1.54, 1.807) is 0 Å². The summed E-state index contributed by atoms with van der Waals surface area (Å²) in [5.74, 6) is 2.59. The van der Waals surface area contributed by atoms with E-state index in [1.807, 2.05) is 0 Å². The Hall–Kier alpha value is -1.32. The Labute approximate surface area is 132 Å². The van der Waals surface area contributed by atoms with Crippen LogP contribution in [-0.4, -0.2) is 11.8 Å². The highest BCUT2D eigenvalue weighted by Crippen LogP contribution is 2.59. The summed E-state index contributed by atoms with van der Waals surface area (Å²) in [6.45, 7) is 0. The predicted octanol–water partition coefficient (Wildman–Crippen LogP) is 2.71. The summed E-state index contributed by atoms with van der Waals surface area (Å²) >= 11 is 0. The van der Waals surface area contributed by atoms with Gasteiger partial charge < -0.3 is 0 Å². The highest BCUT2D eigenvalue weighted by atomic mass is 16.2. The molecule has 1 unspecified atom stereocenters. The first-order valence-corrected chi connectivity index (χ1v) is 8.89. The normalized spacial score (nSPS) is 41.6. The van der Waals surface area contributed by atoms with Gasteiger partial charge in [-0.3, -0.25) is 20.4 Å². The van der Waals surface area contributed by atoms with Crippen LogP contribution < -0.4 is 10.9 Å². The zero-order valence-corrected chi connectivity index (χ0v) is 13.1. The topological polar surface area (TPSA) is 58.2 Å². The molecule has 5 aliphatic carbocycles. The summed E-state index contributed by atoms with van der Waals surface area (Å²) < 4.78 is 0. The second-order valence-corrected chi connectivity index (χ2v) is 8.17. The lowest BCUT2D eigenvalue weighted by Crippen LogP contribution is -2.56. The van der Waals surface area contributed by atoms with Gasteiger partial charge in [0.15, 0.2) is 0 Å². The Morgan fingerprint density at radius 1 is 1.00 bits per heavy atom. The summed E-state index contributed by atoms with van der Waals surface area (Å²) in [5, 5.41) is 0. The number of hydrazine groups is 1. The van der Waals surface area contributed by atoms with Gasteiger partial charge in [-0.05, 0) is 75.0 Å². The summed E-state index contributed by atoms with van der Waals surface area (Å²) in [4.78, 5) is 24.7. The molecule has 4 fully saturated rings. The Morgan fingerprint density at radius 3 is 2.18 bits per heavy atom. The summed E-state index contributed by atoms with van der Waals surface area (Å²) in [6.07, 6.45) is 13.9. The molecule has 0 saturated heterocycles. The van der Waals surface area contributed by atoms with Gasteiger partial charge in [-0.2, -0.15) is 0 Å². The van der Waals surface area contributed by atoms with Crippen molar-refractivity contribution >= 4 is 11.8 Å². The number of carbonyl (C=O) groups excluding carboxylic acids is 2. The zero-order valence-electron chi connectivity index (χ0n) is 13.1. The van der Waals surface area contributed by atoms with E-state index in [9.17, 15) is 9.59 Å². The molecule has 4 nitrogen and oxygen atoms in total. The molecular formula is C18H26N2O2. The van der Waals surface area contributed by atoms with Crippen LogP contribution in [0.1, 0.15) is 57.8 Å². The monoisotopic (exact) mass is 302 g/mol. The molecule has 4 bridgehead atoms. The minimum absolute atomic E-state index is 0.0605. The molecule has 2 N–H and O–H groups in total. The van der Waals surface area contributed by atoms with E-state index < -0.39 is 0 Å². The Morgan fingerprint density at radius 2 is 1.64 bits per heavy atom. The molecule has 22 heavy (non-hydrogen) atoms. The van der Waals surface area contributed by atoms with Crippen molar-refractivity contribution < 1.29 is 9.59 Å². The highest BCUT2D eigenvalue weighted by molar-refractivity contribution is 5.86. The predicted molar refractivity (Wildman–Crippen MR) is 83.4 cm³/mol. The van der Waals surface area contributed by atoms with Gasteiger partial charge in [0.05, 0.1) is 5.41 Å². The van der Waals surface area contributed by atoms with Crippen LogP contribution in [0.4, 0.5) is 0 Å². The van der Waals surface area contributed by atoms with Crippen LogP contribution in [0, 0.1) is 29.1 Å². The van der Waals surface area contributed by atoms with Crippen LogP contribution in [0.2, 0.25) is 0 Å². The molecular weight excluding hydrogens is 276 g/mol. The van der Waals surface area contributed by atoms with Crippen LogP contribution in [0.5, 0.6) is 0 Å². The van der Waals surface area contributed by atoms with Crippen molar-refractivity contribution in [3.63, 3.8) is 0 Å². The van der Waals surface area contributed by atoms with Gasteiger partial charge in [-0.15, -0.1) is 0 Å². The van der Waals surface area contributed by atoms with E-state index in [4.69, 9.17) is 0 Å². The number of allylic oxidation sites excluding steroid dienone is 2. The molecule has 4 saturated carbocycles. The number of rotatable bonds is 3. The number of nitrogens with one attached hydrogen (secondary N) is 2.